The molecule has 0 spiro atoms. The molecule has 4 nitrogen and oxygen atoms in total. The highest BCUT2D eigenvalue weighted by molar-refractivity contribution is 5.83. The van der Waals surface area contributed by atoms with Crippen molar-refractivity contribution in [2.24, 2.45) is 0 Å². The summed E-state index contributed by atoms with van der Waals surface area (Å²) >= 11 is 0. The maximum absolute atomic E-state index is 12.4. The average molecular weight is 297 g/mol. The minimum absolute atomic E-state index is 0.0476. The lowest BCUT2D eigenvalue weighted by molar-refractivity contribution is -0.122. The van der Waals surface area contributed by atoms with Crippen LogP contribution in [0.5, 0.6) is 11.5 Å². The minimum Gasteiger partial charge on any atom is -0.454 e. The summed E-state index contributed by atoms with van der Waals surface area (Å²) in [7, 11) is 0. The highest BCUT2D eigenvalue weighted by Crippen LogP contribution is 2.32. The zero-order valence-corrected chi connectivity index (χ0v) is 12.5. The Hall–Kier alpha value is -2.49. The first-order valence-corrected chi connectivity index (χ1v) is 7.49. The molecule has 1 N–H and O–H groups in total. The van der Waals surface area contributed by atoms with Crippen LogP contribution in [0.25, 0.3) is 0 Å². The van der Waals surface area contributed by atoms with E-state index in [1.807, 2.05) is 55.5 Å². The summed E-state index contributed by atoms with van der Waals surface area (Å²) in [5.41, 5.74) is 2.05. The van der Waals surface area contributed by atoms with Gasteiger partial charge in [-0.3, -0.25) is 4.79 Å². The van der Waals surface area contributed by atoms with Crippen LogP contribution in [0.15, 0.2) is 48.5 Å². The van der Waals surface area contributed by atoms with E-state index in [2.05, 4.69) is 5.32 Å². The highest BCUT2D eigenvalue weighted by atomic mass is 16.7. The maximum atomic E-state index is 12.4. The van der Waals surface area contributed by atoms with Crippen molar-refractivity contribution in [3.63, 3.8) is 0 Å². The van der Waals surface area contributed by atoms with Crippen molar-refractivity contribution in [2.45, 2.75) is 25.8 Å². The lowest BCUT2D eigenvalue weighted by atomic mass is 9.95. The summed E-state index contributed by atoms with van der Waals surface area (Å²) < 4.78 is 10.6. The van der Waals surface area contributed by atoms with E-state index in [4.69, 9.17) is 9.47 Å². The van der Waals surface area contributed by atoms with Gasteiger partial charge in [-0.2, -0.15) is 0 Å². The SMILES string of the molecule is CC[C@H](C(=O)NCc1ccc2c(c1)OCO2)c1ccccc1. The third-order valence-corrected chi connectivity index (χ3v) is 3.83. The van der Waals surface area contributed by atoms with Crippen LogP contribution in [0.2, 0.25) is 0 Å². The molecule has 0 aromatic heterocycles. The van der Waals surface area contributed by atoms with Gasteiger partial charge in [-0.1, -0.05) is 43.3 Å². The van der Waals surface area contributed by atoms with E-state index in [0.717, 1.165) is 29.0 Å². The van der Waals surface area contributed by atoms with Crippen LogP contribution in [-0.4, -0.2) is 12.7 Å². The Labute approximate surface area is 130 Å². The predicted octanol–water partition coefficient (Wildman–Crippen LogP) is 3.23. The molecule has 0 bridgehead atoms. The van der Waals surface area contributed by atoms with Gasteiger partial charge in [0.25, 0.3) is 0 Å². The Balaban J connectivity index is 1.64. The summed E-state index contributed by atoms with van der Waals surface area (Å²) in [6, 6.07) is 15.6. The van der Waals surface area contributed by atoms with Crippen molar-refractivity contribution >= 4 is 5.91 Å². The van der Waals surface area contributed by atoms with E-state index in [0.29, 0.717) is 6.54 Å². The fraction of sp³-hybridized carbons (Fsp3) is 0.278. The second-order valence-corrected chi connectivity index (χ2v) is 5.28. The summed E-state index contributed by atoms with van der Waals surface area (Å²) in [6.07, 6.45) is 0.775. The van der Waals surface area contributed by atoms with Crippen molar-refractivity contribution in [3.8, 4) is 11.5 Å². The Morgan fingerprint density at radius 1 is 1.14 bits per heavy atom. The predicted molar refractivity (Wildman–Crippen MR) is 83.9 cm³/mol. The topological polar surface area (TPSA) is 47.6 Å². The number of benzene rings is 2. The van der Waals surface area contributed by atoms with Gasteiger partial charge in [-0.25, -0.2) is 0 Å². The van der Waals surface area contributed by atoms with Crippen LogP contribution < -0.4 is 14.8 Å². The number of nitrogens with one attached hydrogen (secondary N) is 1. The van der Waals surface area contributed by atoms with Gasteiger partial charge in [0.05, 0.1) is 5.92 Å². The molecule has 2 aromatic carbocycles. The van der Waals surface area contributed by atoms with Crippen LogP contribution in [0.1, 0.15) is 30.4 Å². The van der Waals surface area contributed by atoms with Crippen LogP contribution in [0.3, 0.4) is 0 Å². The Morgan fingerprint density at radius 2 is 1.91 bits per heavy atom. The number of fused-ring (bicyclic) bond motifs is 1. The van der Waals surface area contributed by atoms with Gasteiger partial charge in [-0.15, -0.1) is 0 Å². The van der Waals surface area contributed by atoms with Gasteiger partial charge in [0.1, 0.15) is 0 Å². The number of hydrogen-bond acceptors (Lipinski definition) is 3. The molecule has 0 radical (unpaired) electrons. The molecule has 3 rings (SSSR count). The minimum atomic E-state index is -0.116. The van der Waals surface area contributed by atoms with Crippen LogP contribution in [0, 0.1) is 0 Å². The van der Waals surface area contributed by atoms with Crippen molar-refractivity contribution in [1.29, 1.82) is 0 Å². The standard InChI is InChI=1S/C18H19NO3/c1-2-15(14-6-4-3-5-7-14)18(20)19-11-13-8-9-16-17(10-13)22-12-21-16/h3-10,15H,2,11-12H2,1H3,(H,19,20)/t15-/m0/s1. The van der Waals surface area contributed by atoms with Crippen molar-refractivity contribution < 1.29 is 14.3 Å². The van der Waals surface area contributed by atoms with E-state index in [-0.39, 0.29) is 18.6 Å². The lowest BCUT2D eigenvalue weighted by Crippen LogP contribution is -2.28. The van der Waals surface area contributed by atoms with Gasteiger partial charge in [0, 0.05) is 6.54 Å². The number of amides is 1. The third kappa shape index (κ3) is 3.06. The highest BCUT2D eigenvalue weighted by Gasteiger charge is 2.18. The molecule has 1 aliphatic rings. The number of rotatable bonds is 5. The summed E-state index contributed by atoms with van der Waals surface area (Å²) in [5, 5.41) is 3.00. The first-order chi connectivity index (χ1) is 10.8. The van der Waals surface area contributed by atoms with Crippen molar-refractivity contribution in [3.05, 3.63) is 59.7 Å². The summed E-state index contributed by atoms with van der Waals surface area (Å²) in [4.78, 5) is 12.4. The fourth-order valence-electron chi connectivity index (χ4n) is 2.62. The summed E-state index contributed by atoms with van der Waals surface area (Å²) in [5.74, 6) is 1.43. The van der Waals surface area contributed by atoms with Gasteiger partial charge in [-0.05, 0) is 29.7 Å². The molecule has 0 saturated carbocycles. The van der Waals surface area contributed by atoms with E-state index in [1.54, 1.807) is 0 Å². The van der Waals surface area contributed by atoms with Crippen molar-refractivity contribution in [1.82, 2.24) is 5.32 Å². The molecule has 114 valence electrons. The monoisotopic (exact) mass is 297 g/mol. The molecule has 1 atom stereocenters. The molecule has 1 heterocycles. The number of carbonyl (C=O) groups excluding carboxylic acids is 1. The van der Waals surface area contributed by atoms with E-state index in [1.165, 1.54) is 0 Å². The van der Waals surface area contributed by atoms with Gasteiger partial charge in [0.2, 0.25) is 12.7 Å². The second kappa shape index (κ2) is 6.52. The van der Waals surface area contributed by atoms with Crippen LogP contribution >= 0.6 is 0 Å². The number of ether oxygens (including phenoxy) is 2. The number of carbonyl (C=O) groups is 1. The molecular weight excluding hydrogens is 278 g/mol. The molecule has 2 aromatic rings. The Morgan fingerprint density at radius 3 is 2.68 bits per heavy atom. The fourth-order valence-corrected chi connectivity index (χ4v) is 2.62. The molecule has 0 aliphatic carbocycles. The zero-order valence-electron chi connectivity index (χ0n) is 12.5. The van der Waals surface area contributed by atoms with E-state index < -0.39 is 0 Å². The molecule has 0 saturated heterocycles. The smallest absolute Gasteiger partial charge is 0.231 e. The van der Waals surface area contributed by atoms with Crippen LogP contribution in [0.4, 0.5) is 0 Å². The first-order valence-electron chi connectivity index (χ1n) is 7.49. The molecular formula is C18H19NO3. The Kier molecular flexibility index (Phi) is 4.28. The first kappa shape index (κ1) is 14.4. The lowest BCUT2D eigenvalue weighted by Gasteiger charge is -2.15. The van der Waals surface area contributed by atoms with Crippen molar-refractivity contribution in [2.75, 3.05) is 6.79 Å². The average Bonchev–Trinajstić information content (AvgIpc) is 3.02. The quantitative estimate of drug-likeness (QED) is 0.921. The molecule has 1 amide bonds. The Bertz CT molecular complexity index is 655. The third-order valence-electron chi connectivity index (χ3n) is 3.83. The largest absolute Gasteiger partial charge is 0.454 e. The molecule has 1 aliphatic heterocycles. The number of hydrogen-bond donors (Lipinski definition) is 1. The maximum Gasteiger partial charge on any atom is 0.231 e. The molecule has 0 unspecified atom stereocenters. The molecule has 4 heteroatoms. The second-order valence-electron chi connectivity index (χ2n) is 5.28. The van der Waals surface area contributed by atoms with Gasteiger partial charge in [0.15, 0.2) is 11.5 Å². The normalized spacial score (nSPS) is 13.7. The van der Waals surface area contributed by atoms with Gasteiger partial charge < -0.3 is 14.8 Å². The van der Waals surface area contributed by atoms with Gasteiger partial charge >= 0.3 is 0 Å². The van der Waals surface area contributed by atoms with E-state index in [9.17, 15) is 4.79 Å². The molecule has 0 fully saturated rings. The molecule has 22 heavy (non-hydrogen) atoms. The van der Waals surface area contributed by atoms with E-state index >= 15 is 0 Å². The zero-order chi connectivity index (χ0) is 15.4. The summed E-state index contributed by atoms with van der Waals surface area (Å²) in [6.45, 7) is 2.77. The van der Waals surface area contributed by atoms with Crippen LogP contribution in [-0.2, 0) is 11.3 Å².